The Morgan fingerprint density at radius 2 is 2.00 bits per heavy atom. The summed E-state index contributed by atoms with van der Waals surface area (Å²) in [5.41, 5.74) is 1.50. The van der Waals surface area contributed by atoms with Crippen molar-refractivity contribution in [3.8, 4) is 5.75 Å². The number of carbonyl (C=O) groups is 1. The van der Waals surface area contributed by atoms with Gasteiger partial charge in [-0.05, 0) is 30.3 Å². The van der Waals surface area contributed by atoms with Gasteiger partial charge in [-0.3, -0.25) is 9.69 Å². The van der Waals surface area contributed by atoms with Crippen molar-refractivity contribution in [1.29, 1.82) is 0 Å². The van der Waals surface area contributed by atoms with E-state index in [4.69, 9.17) is 21.3 Å². The van der Waals surface area contributed by atoms with Crippen LogP contribution in [0.5, 0.6) is 5.75 Å². The highest BCUT2D eigenvalue weighted by Crippen LogP contribution is 2.33. The highest BCUT2D eigenvalue weighted by Gasteiger charge is 2.20. The molecule has 0 radical (unpaired) electrons. The van der Waals surface area contributed by atoms with Crippen molar-refractivity contribution >= 4 is 44.2 Å². The average molecular weight is 431 g/mol. The number of fused-ring (bicyclic) bond motifs is 1. The van der Waals surface area contributed by atoms with Gasteiger partial charge in [-0.2, -0.15) is 0 Å². The number of piperazine rings is 1. The van der Waals surface area contributed by atoms with Gasteiger partial charge in [0.1, 0.15) is 11.3 Å². The predicted molar refractivity (Wildman–Crippen MR) is 119 cm³/mol. The minimum atomic E-state index is -0.0751. The summed E-state index contributed by atoms with van der Waals surface area (Å²) in [6.07, 6.45) is 0. The maximum Gasteiger partial charge on any atom is 0.251 e. The minimum absolute atomic E-state index is 0.0751. The van der Waals surface area contributed by atoms with Crippen LogP contribution in [-0.4, -0.2) is 62.2 Å². The Hall–Kier alpha value is -2.35. The molecule has 1 saturated heterocycles. The first-order valence-corrected chi connectivity index (χ1v) is 10.8. The van der Waals surface area contributed by atoms with Crippen molar-refractivity contribution in [2.24, 2.45) is 0 Å². The van der Waals surface area contributed by atoms with Crippen LogP contribution in [0.1, 0.15) is 10.4 Å². The summed E-state index contributed by atoms with van der Waals surface area (Å²) in [4.78, 5) is 21.7. The smallest absolute Gasteiger partial charge is 0.251 e. The summed E-state index contributed by atoms with van der Waals surface area (Å²) in [6.45, 7) is 5.17. The van der Waals surface area contributed by atoms with Gasteiger partial charge in [0.25, 0.3) is 5.91 Å². The zero-order valence-electron chi connectivity index (χ0n) is 16.2. The van der Waals surface area contributed by atoms with Crippen LogP contribution in [0, 0.1) is 0 Å². The van der Waals surface area contributed by atoms with Crippen LogP contribution in [0.25, 0.3) is 10.2 Å². The maximum absolute atomic E-state index is 12.3. The van der Waals surface area contributed by atoms with Gasteiger partial charge in [0, 0.05) is 44.8 Å². The van der Waals surface area contributed by atoms with Gasteiger partial charge < -0.3 is 15.0 Å². The lowest BCUT2D eigenvalue weighted by atomic mass is 10.2. The Bertz CT molecular complexity index is 1000. The second-order valence-electron chi connectivity index (χ2n) is 6.90. The molecule has 0 spiro atoms. The van der Waals surface area contributed by atoms with Gasteiger partial charge in [-0.1, -0.05) is 35.1 Å². The molecular formula is C21H23ClN4O2S. The number of nitrogens with one attached hydrogen (secondary N) is 1. The zero-order chi connectivity index (χ0) is 20.2. The molecule has 4 rings (SSSR count). The third-order valence-electron chi connectivity index (χ3n) is 5.05. The standard InChI is InChI=1S/C21H23ClN4O2S/c1-28-16-5-2-4-15(14-16)20(27)23-8-9-25-10-12-26(13-11-25)21-24-19-17(22)6-3-7-18(19)29-21/h2-7,14H,8-13H2,1H3,(H,23,27). The first kappa shape index (κ1) is 19.9. The molecule has 0 unspecified atom stereocenters. The van der Waals surface area contributed by atoms with Gasteiger partial charge >= 0.3 is 0 Å². The normalized spacial score (nSPS) is 14.9. The molecule has 1 aliphatic rings. The van der Waals surface area contributed by atoms with Gasteiger partial charge in [-0.25, -0.2) is 4.98 Å². The minimum Gasteiger partial charge on any atom is -0.497 e. The summed E-state index contributed by atoms with van der Waals surface area (Å²) in [6, 6.07) is 13.1. The molecule has 1 N–H and O–H groups in total. The van der Waals surface area contributed by atoms with Crippen LogP contribution >= 0.6 is 22.9 Å². The van der Waals surface area contributed by atoms with Gasteiger partial charge in [0.2, 0.25) is 0 Å². The van der Waals surface area contributed by atoms with E-state index in [1.165, 1.54) is 0 Å². The highest BCUT2D eigenvalue weighted by molar-refractivity contribution is 7.22. The molecule has 1 aromatic heterocycles. The van der Waals surface area contributed by atoms with Crippen LogP contribution in [-0.2, 0) is 0 Å². The SMILES string of the molecule is COc1cccc(C(=O)NCCN2CCN(c3nc4c(Cl)cccc4s3)CC2)c1. The van der Waals surface area contributed by atoms with E-state index in [-0.39, 0.29) is 5.91 Å². The number of hydrogen-bond donors (Lipinski definition) is 1. The Morgan fingerprint density at radius 3 is 2.76 bits per heavy atom. The predicted octanol–water partition coefficient (Wildman–Crippen LogP) is 3.51. The quantitative estimate of drug-likeness (QED) is 0.648. The fourth-order valence-corrected chi connectivity index (χ4v) is 4.71. The van der Waals surface area contributed by atoms with E-state index < -0.39 is 0 Å². The molecule has 0 saturated carbocycles. The van der Waals surface area contributed by atoms with Crippen LogP contribution in [0.2, 0.25) is 5.02 Å². The number of thiazole rings is 1. The number of hydrogen-bond acceptors (Lipinski definition) is 6. The van der Waals surface area contributed by atoms with Crippen molar-refractivity contribution in [2.45, 2.75) is 0 Å². The summed E-state index contributed by atoms with van der Waals surface area (Å²) in [7, 11) is 1.60. The number of benzene rings is 2. The lowest BCUT2D eigenvalue weighted by molar-refractivity contribution is 0.0947. The monoisotopic (exact) mass is 430 g/mol. The van der Waals surface area contributed by atoms with Crippen molar-refractivity contribution < 1.29 is 9.53 Å². The molecule has 6 nitrogen and oxygen atoms in total. The number of ether oxygens (including phenoxy) is 1. The number of para-hydroxylation sites is 1. The molecule has 2 aromatic carbocycles. The summed E-state index contributed by atoms with van der Waals surface area (Å²) < 4.78 is 6.29. The van der Waals surface area contributed by atoms with E-state index in [2.05, 4.69) is 21.2 Å². The van der Waals surface area contributed by atoms with E-state index >= 15 is 0 Å². The van der Waals surface area contributed by atoms with Crippen molar-refractivity contribution in [1.82, 2.24) is 15.2 Å². The number of halogens is 1. The molecule has 0 aliphatic carbocycles. The van der Waals surface area contributed by atoms with Gasteiger partial charge in [0.15, 0.2) is 5.13 Å². The lowest BCUT2D eigenvalue weighted by Crippen LogP contribution is -2.48. The Morgan fingerprint density at radius 1 is 1.21 bits per heavy atom. The largest absolute Gasteiger partial charge is 0.497 e. The van der Waals surface area contributed by atoms with Crippen LogP contribution in [0.4, 0.5) is 5.13 Å². The van der Waals surface area contributed by atoms with E-state index in [0.29, 0.717) is 22.9 Å². The molecule has 1 aliphatic heterocycles. The molecule has 1 fully saturated rings. The van der Waals surface area contributed by atoms with Crippen molar-refractivity contribution in [2.75, 3.05) is 51.3 Å². The van der Waals surface area contributed by atoms with E-state index in [9.17, 15) is 4.79 Å². The highest BCUT2D eigenvalue weighted by atomic mass is 35.5. The van der Waals surface area contributed by atoms with Crippen LogP contribution in [0.3, 0.4) is 0 Å². The third-order valence-corrected chi connectivity index (χ3v) is 6.43. The lowest BCUT2D eigenvalue weighted by Gasteiger charge is -2.34. The molecule has 3 aromatic rings. The second kappa shape index (κ2) is 8.98. The first-order valence-electron chi connectivity index (χ1n) is 9.58. The molecule has 29 heavy (non-hydrogen) atoms. The van der Waals surface area contributed by atoms with Gasteiger partial charge in [-0.15, -0.1) is 0 Å². The number of nitrogens with zero attached hydrogens (tertiary/aromatic N) is 3. The van der Waals surface area contributed by atoms with Crippen LogP contribution in [0.15, 0.2) is 42.5 Å². The first-order chi connectivity index (χ1) is 14.1. The topological polar surface area (TPSA) is 57.7 Å². The van der Waals surface area contributed by atoms with E-state index in [1.807, 2.05) is 24.3 Å². The summed E-state index contributed by atoms with van der Waals surface area (Å²) >= 11 is 7.94. The number of amides is 1. The number of carbonyl (C=O) groups excluding carboxylic acids is 1. The Balaban J connectivity index is 1.25. The van der Waals surface area contributed by atoms with Gasteiger partial charge in [0.05, 0.1) is 16.8 Å². The molecule has 0 bridgehead atoms. The summed E-state index contributed by atoms with van der Waals surface area (Å²) in [5, 5.41) is 4.72. The number of rotatable bonds is 6. The molecule has 8 heteroatoms. The Labute approximate surface area is 179 Å². The number of anilines is 1. The summed E-state index contributed by atoms with van der Waals surface area (Å²) in [5.74, 6) is 0.610. The fourth-order valence-electron chi connectivity index (χ4n) is 3.40. The van der Waals surface area contributed by atoms with Crippen LogP contribution < -0.4 is 15.0 Å². The number of aromatic nitrogens is 1. The van der Waals surface area contributed by atoms with E-state index in [0.717, 1.165) is 48.1 Å². The maximum atomic E-state index is 12.3. The Kier molecular flexibility index (Phi) is 6.18. The zero-order valence-corrected chi connectivity index (χ0v) is 17.8. The van der Waals surface area contributed by atoms with Crippen molar-refractivity contribution in [3.05, 3.63) is 53.1 Å². The molecule has 152 valence electrons. The third kappa shape index (κ3) is 4.63. The molecule has 0 atom stereocenters. The van der Waals surface area contributed by atoms with Crippen molar-refractivity contribution in [3.63, 3.8) is 0 Å². The average Bonchev–Trinajstić information content (AvgIpc) is 3.20. The number of methoxy groups -OCH3 is 1. The second-order valence-corrected chi connectivity index (χ2v) is 8.32. The van der Waals surface area contributed by atoms with E-state index in [1.54, 1.807) is 30.6 Å². The molecule has 1 amide bonds. The molecule has 2 heterocycles. The molecular weight excluding hydrogens is 408 g/mol. The fraction of sp³-hybridized carbons (Fsp3) is 0.333.